The number of pyridine rings is 1. The molecule has 1 amide bonds. The molecule has 5 nitrogen and oxygen atoms in total. The largest absolute Gasteiger partial charge is 0.389 e. The van der Waals surface area contributed by atoms with E-state index in [2.05, 4.69) is 4.98 Å². The molecule has 3 heterocycles. The normalized spacial score (nSPS) is 23.9. The first-order valence-corrected chi connectivity index (χ1v) is 9.15. The highest BCUT2D eigenvalue weighted by Crippen LogP contribution is 2.27. The summed E-state index contributed by atoms with van der Waals surface area (Å²) in [5.74, 6) is 0.204. The van der Waals surface area contributed by atoms with Gasteiger partial charge < -0.3 is 14.7 Å². The van der Waals surface area contributed by atoms with E-state index in [0.29, 0.717) is 38.8 Å². The lowest BCUT2D eigenvalue weighted by Crippen LogP contribution is -2.47. The average Bonchev–Trinajstić information content (AvgIpc) is 2.62. The third-order valence-electron chi connectivity index (χ3n) is 5.28. The highest BCUT2D eigenvalue weighted by Gasteiger charge is 2.34. The fraction of sp³-hybridized carbons (Fsp3) is 0.684. The molecule has 3 rings (SSSR count). The number of likely N-dealkylation sites (tertiary alicyclic amines) is 1. The molecule has 0 aromatic carbocycles. The van der Waals surface area contributed by atoms with Gasteiger partial charge in [0.1, 0.15) is 0 Å². The molecule has 0 bridgehead atoms. The summed E-state index contributed by atoms with van der Waals surface area (Å²) >= 11 is 0. The van der Waals surface area contributed by atoms with Gasteiger partial charge in [-0.25, -0.2) is 0 Å². The number of aliphatic hydroxyl groups is 1. The maximum absolute atomic E-state index is 12.4. The quantitative estimate of drug-likeness (QED) is 0.899. The number of ether oxygens (including phenoxy) is 1. The van der Waals surface area contributed by atoms with Gasteiger partial charge >= 0.3 is 0 Å². The third kappa shape index (κ3) is 4.77. The molecule has 0 aliphatic carbocycles. The summed E-state index contributed by atoms with van der Waals surface area (Å²) in [6.07, 6.45) is 10.5. The maximum atomic E-state index is 12.4. The highest BCUT2D eigenvalue weighted by molar-refractivity contribution is 5.76. The molecule has 132 valence electrons. The van der Waals surface area contributed by atoms with E-state index in [0.717, 1.165) is 31.4 Å². The van der Waals surface area contributed by atoms with Crippen molar-refractivity contribution in [2.24, 2.45) is 0 Å². The van der Waals surface area contributed by atoms with Gasteiger partial charge in [-0.1, -0.05) is 0 Å². The molecule has 0 radical (unpaired) electrons. The van der Waals surface area contributed by atoms with Crippen LogP contribution in [0.25, 0.3) is 0 Å². The summed E-state index contributed by atoms with van der Waals surface area (Å²) in [7, 11) is 0. The Morgan fingerprint density at radius 1 is 1.29 bits per heavy atom. The van der Waals surface area contributed by atoms with E-state index < -0.39 is 5.60 Å². The van der Waals surface area contributed by atoms with Crippen molar-refractivity contribution in [1.29, 1.82) is 0 Å². The van der Waals surface area contributed by atoms with Crippen LogP contribution >= 0.6 is 0 Å². The molecule has 2 aliphatic heterocycles. The van der Waals surface area contributed by atoms with E-state index in [1.165, 1.54) is 6.42 Å². The number of piperidine rings is 1. The van der Waals surface area contributed by atoms with E-state index >= 15 is 0 Å². The van der Waals surface area contributed by atoms with Crippen LogP contribution in [0, 0.1) is 0 Å². The number of amides is 1. The zero-order valence-electron chi connectivity index (χ0n) is 14.3. The predicted octanol–water partition coefficient (Wildman–Crippen LogP) is 2.33. The summed E-state index contributed by atoms with van der Waals surface area (Å²) in [5, 5.41) is 10.8. The molecular formula is C19H28N2O3. The molecule has 2 saturated heterocycles. The Labute approximate surface area is 144 Å². The van der Waals surface area contributed by atoms with Crippen molar-refractivity contribution >= 4 is 5.91 Å². The lowest BCUT2D eigenvalue weighted by molar-refractivity contribution is -0.136. The second kappa shape index (κ2) is 8.08. The molecule has 1 unspecified atom stereocenters. The van der Waals surface area contributed by atoms with E-state index in [1.807, 2.05) is 17.0 Å². The number of hydrogen-bond donors (Lipinski definition) is 1. The van der Waals surface area contributed by atoms with Gasteiger partial charge in [-0.3, -0.25) is 9.78 Å². The van der Waals surface area contributed by atoms with Crippen LogP contribution in [0.5, 0.6) is 0 Å². The molecule has 5 heteroatoms. The van der Waals surface area contributed by atoms with Gasteiger partial charge in [-0.15, -0.1) is 0 Å². The minimum atomic E-state index is -0.704. The predicted molar refractivity (Wildman–Crippen MR) is 91.5 cm³/mol. The number of carbonyl (C=O) groups is 1. The zero-order valence-corrected chi connectivity index (χ0v) is 14.3. The topological polar surface area (TPSA) is 62.7 Å². The van der Waals surface area contributed by atoms with E-state index in [-0.39, 0.29) is 12.0 Å². The van der Waals surface area contributed by atoms with Crippen LogP contribution in [-0.4, -0.2) is 52.3 Å². The van der Waals surface area contributed by atoms with Gasteiger partial charge in [0, 0.05) is 44.9 Å². The monoisotopic (exact) mass is 332 g/mol. The summed E-state index contributed by atoms with van der Waals surface area (Å²) in [4.78, 5) is 18.3. The first kappa shape index (κ1) is 17.4. The van der Waals surface area contributed by atoms with Gasteiger partial charge in [0.15, 0.2) is 0 Å². The van der Waals surface area contributed by atoms with E-state index in [1.54, 1.807) is 12.4 Å². The molecule has 1 aromatic heterocycles. The van der Waals surface area contributed by atoms with E-state index in [4.69, 9.17) is 4.74 Å². The minimum absolute atomic E-state index is 0.204. The SMILES string of the molecule is O=C(CCC1CCCCO1)N1CCC(O)(Cc2ccncc2)CC1. The molecule has 1 atom stereocenters. The Morgan fingerprint density at radius 3 is 2.71 bits per heavy atom. The molecule has 0 saturated carbocycles. The maximum Gasteiger partial charge on any atom is 0.222 e. The Morgan fingerprint density at radius 2 is 2.04 bits per heavy atom. The number of rotatable bonds is 5. The smallest absolute Gasteiger partial charge is 0.222 e. The van der Waals surface area contributed by atoms with Crippen LogP contribution in [0.4, 0.5) is 0 Å². The molecule has 1 aromatic rings. The highest BCUT2D eigenvalue weighted by atomic mass is 16.5. The minimum Gasteiger partial charge on any atom is -0.389 e. The lowest BCUT2D eigenvalue weighted by atomic mass is 9.85. The Hall–Kier alpha value is -1.46. The van der Waals surface area contributed by atoms with Crippen LogP contribution in [0.15, 0.2) is 24.5 Å². The van der Waals surface area contributed by atoms with Crippen molar-refractivity contribution in [2.75, 3.05) is 19.7 Å². The summed E-state index contributed by atoms with van der Waals surface area (Å²) < 4.78 is 5.70. The van der Waals surface area contributed by atoms with E-state index in [9.17, 15) is 9.90 Å². The van der Waals surface area contributed by atoms with Gasteiger partial charge in [0.2, 0.25) is 5.91 Å². The van der Waals surface area contributed by atoms with Crippen LogP contribution in [0.2, 0.25) is 0 Å². The van der Waals surface area contributed by atoms with Crippen molar-refractivity contribution in [3.8, 4) is 0 Å². The third-order valence-corrected chi connectivity index (χ3v) is 5.28. The van der Waals surface area contributed by atoms with Crippen molar-refractivity contribution in [1.82, 2.24) is 9.88 Å². The molecule has 1 N–H and O–H groups in total. The van der Waals surface area contributed by atoms with Crippen molar-refractivity contribution in [3.63, 3.8) is 0 Å². The van der Waals surface area contributed by atoms with Gasteiger partial charge in [0.25, 0.3) is 0 Å². The summed E-state index contributed by atoms with van der Waals surface area (Å²) in [5.41, 5.74) is 0.395. The standard InChI is InChI=1S/C19H28N2O3/c22-18(5-4-17-3-1-2-14-24-17)21-12-8-19(23,9-13-21)15-16-6-10-20-11-7-16/h6-7,10-11,17,23H,1-5,8-9,12-15H2. The molecule has 24 heavy (non-hydrogen) atoms. The molecule has 2 aliphatic rings. The van der Waals surface area contributed by atoms with Gasteiger partial charge in [-0.2, -0.15) is 0 Å². The van der Waals surface area contributed by atoms with Crippen LogP contribution < -0.4 is 0 Å². The fourth-order valence-electron chi connectivity index (χ4n) is 3.71. The second-order valence-corrected chi connectivity index (χ2v) is 7.16. The number of carbonyl (C=O) groups excluding carboxylic acids is 1. The zero-order chi connectivity index (χ0) is 16.8. The molecular weight excluding hydrogens is 304 g/mol. The van der Waals surface area contributed by atoms with Gasteiger partial charge in [0.05, 0.1) is 11.7 Å². The number of aromatic nitrogens is 1. The van der Waals surface area contributed by atoms with Crippen molar-refractivity contribution in [2.45, 2.75) is 63.1 Å². The first-order chi connectivity index (χ1) is 11.6. The average molecular weight is 332 g/mol. The van der Waals surface area contributed by atoms with Crippen molar-refractivity contribution in [3.05, 3.63) is 30.1 Å². The Bertz CT molecular complexity index is 521. The number of hydrogen-bond acceptors (Lipinski definition) is 4. The first-order valence-electron chi connectivity index (χ1n) is 9.15. The second-order valence-electron chi connectivity index (χ2n) is 7.16. The number of nitrogens with zero attached hydrogens (tertiary/aromatic N) is 2. The van der Waals surface area contributed by atoms with Crippen LogP contribution in [0.3, 0.4) is 0 Å². The van der Waals surface area contributed by atoms with Crippen LogP contribution in [0.1, 0.15) is 50.5 Å². The van der Waals surface area contributed by atoms with Crippen molar-refractivity contribution < 1.29 is 14.6 Å². The lowest BCUT2D eigenvalue weighted by Gasteiger charge is -2.38. The Kier molecular flexibility index (Phi) is 5.85. The van der Waals surface area contributed by atoms with Crippen LogP contribution in [-0.2, 0) is 16.0 Å². The molecule has 2 fully saturated rings. The summed E-state index contributed by atoms with van der Waals surface area (Å²) in [6, 6.07) is 3.89. The molecule has 0 spiro atoms. The summed E-state index contributed by atoms with van der Waals surface area (Å²) in [6.45, 7) is 2.13. The Balaban J connectivity index is 1.43. The van der Waals surface area contributed by atoms with Gasteiger partial charge in [-0.05, 0) is 56.2 Å². The fourth-order valence-corrected chi connectivity index (χ4v) is 3.71.